The molecule has 0 aliphatic carbocycles. The van der Waals surface area contributed by atoms with Gasteiger partial charge in [0.25, 0.3) is 0 Å². The number of aromatic amines is 1. The topological polar surface area (TPSA) is 39.3 Å². The van der Waals surface area contributed by atoms with Crippen LogP contribution in [0, 0.1) is 12.7 Å². The molecule has 0 saturated carbocycles. The van der Waals surface area contributed by atoms with Gasteiger partial charge in [0.2, 0.25) is 0 Å². The number of hydrogen-bond donors (Lipinski definition) is 1. The molecule has 0 radical (unpaired) electrons. The maximum absolute atomic E-state index is 13.6. The van der Waals surface area contributed by atoms with Crippen molar-refractivity contribution in [2.75, 3.05) is 26.2 Å². The lowest BCUT2D eigenvalue weighted by molar-refractivity contribution is 0.121. The summed E-state index contributed by atoms with van der Waals surface area (Å²) in [6.07, 6.45) is 0. The Hall–Kier alpha value is -2.50. The van der Waals surface area contributed by atoms with Crippen LogP contribution in [0.2, 0.25) is 0 Å². The van der Waals surface area contributed by atoms with E-state index < -0.39 is 0 Å². The first-order chi connectivity index (χ1) is 13.1. The molecule has 140 valence electrons. The number of rotatable bonds is 4. The summed E-state index contributed by atoms with van der Waals surface area (Å²) in [4.78, 5) is 20.9. The average Bonchev–Trinajstić information content (AvgIpc) is 2.68. The van der Waals surface area contributed by atoms with Gasteiger partial charge in [0.05, 0.1) is 0 Å². The van der Waals surface area contributed by atoms with E-state index >= 15 is 0 Å². The van der Waals surface area contributed by atoms with Crippen LogP contribution >= 0.6 is 0 Å². The fraction of sp³-hybridized carbons (Fsp3) is 0.318. The van der Waals surface area contributed by atoms with Crippen molar-refractivity contribution in [3.8, 4) is 0 Å². The van der Waals surface area contributed by atoms with E-state index in [1.807, 2.05) is 13.0 Å². The van der Waals surface area contributed by atoms with Crippen molar-refractivity contribution >= 4 is 10.9 Å². The van der Waals surface area contributed by atoms with Gasteiger partial charge in [-0.1, -0.05) is 30.3 Å². The molecule has 4 rings (SSSR count). The van der Waals surface area contributed by atoms with E-state index in [4.69, 9.17) is 0 Å². The second kappa shape index (κ2) is 7.62. The van der Waals surface area contributed by atoms with Gasteiger partial charge in [0, 0.05) is 61.4 Å². The largest absolute Gasteiger partial charge is 0.358 e. The SMILES string of the molecule is Cc1[nH]c2ccc(F)cc2c(=O)c1CN1CCN(Cc2ccccc2)CC1. The van der Waals surface area contributed by atoms with Crippen molar-refractivity contribution in [2.45, 2.75) is 20.0 Å². The number of pyridine rings is 1. The Morgan fingerprint density at radius 3 is 2.33 bits per heavy atom. The molecule has 0 unspecified atom stereocenters. The van der Waals surface area contributed by atoms with Crippen LogP contribution in [0.5, 0.6) is 0 Å². The highest BCUT2D eigenvalue weighted by Gasteiger charge is 2.19. The lowest BCUT2D eigenvalue weighted by atomic mass is 10.1. The number of piperazine rings is 1. The minimum atomic E-state index is -0.377. The summed E-state index contributed by atoms with van der Waals surface area (Å²) in [6, 6.07) is 14.8. The zero-order valence-corrected chi connectivity index (χ0v) is 15.5. The number of benzene rings is 2. The number of aromatic nitrogens is 1. The molecule has 0 atom stereocenters. The van der Waals surface area contributed by atoms with Crippen LogP contribution in [0.3, 0.4) is 0 Å². The van der Waals surface area contributed by atoms with Gasteiger partial charge in [-0.3, -0.25) is 14.6 Å². The molecule has 2 heterocycles. The van der Waals surface area contributed by atoms with Crippen LogP contribution in [0.15, 0.2) is 53.3 Å². The van der Waals surface area contributed by atoms with Gasteiger partial charge in [0.1, 0.15) is 5.82 Å². The standard InChI is InChI=1S/C22H24FN3O/c1-16-20(22(27)19-13-18(23)7-8-21(19)24-16)15-26-11-9-25(10-12-26)14-17-5-3-2-4-6-17/h2-8,13H,9-12,14-15H2,1H3,(H,24,27). The number of halogens is 1. The van der Waals surface area contributed by atoms with Gasteiger partial charge in [-0.05, 0) is 30.7 Å². The Kier molecular flexibility index (Phi) is 5.05. The van der Waals surface area contributed by atoms with Crippen LogP contribution in [-0.2, 0) is 13.1 Å². The molecular weight excluding hydrogens is 341 g/mol. The smallest absolute Gasteiger partial charge is 0.194 e. The van der Waals surface area contributed by atoms with Gasteiger partial charge in [-0.2, -0.15) is 0 Å². The van der Waals surface area contributed by atoms with E-state index in [9.17, 15) is 9.18 Å². The highest BCUT2D eigenvalue weighted by Crippen LogP contribution is 2.16. The molecule has 0 spiro atoms. The first-order valence-corrected chi connectivity index (χ1v) is 9.40. The van der Waals surface area contributed by atoms with E-state index in [2.05, 4.69) is 39.0 Å². The zero-order chi connectivity index (χ0) is 18.8. The number of aryl methyl sites for hydroxylation is 1. The Morgan fingerprint density at radius 1 is 0.963 bits per heavy atom. The van der Waals surface area contributed by atoms with Gasteiger partial charge >= 0.3 is 0 Å². The molecule has 1 N–H and O–H groups in total. The molecular formula is C22H24FN3O. The van der Waals surface area contributed by atoms with E-state index in [1.54, 1.807) is 6.07 Å². The summed E-state index contributed by atoms with van der Waals surface area (Å²) in [5.74, 6) is -0.377. The van der Waals surface area contributed by atoms with Crippen molar-refractivity contribution in [1.82, 2.24) is 14.8 Å². The van der Waals surface area contributed by atoms with Gasteiger partial charge in [0.15, 0.2) is 5.43 Å². The zero-order valence-electron chi connectivity index (χ0n) is 15.5. The molecule has 1 aromatic heterocycles. The summed E-state index contributed by atoms with van der Waals surface area (Å²) in [7, 11) is 0. The predicted octanol–water partition coefficient (Wildman–Crippen LogP) is 3.29. The lowest BCUT2D eigenvalue weighted by Gasteiger charge is -2.34. The van der Waals surface area contributed by atoms with Crippen molar-refractivity contribution in [1.29, 1.82) is 0 Å². The van der Waals surface area contributed by atoms with Crippen LogP contribution < -0.4 is 5.43 Å². The van der Waals surface area contributed by atoms with Crippen molar-refractivity contribution in [2.24, 2.45) is 0 Å². The Balaban J connectivity index is 1.45. The highest BCUT2D eigenvalue weighted by atomic mass is 19.1. The van der Waals surface area contributed by atoms with Gasteiger partial charge in [-0.25, -0.2) is 4.39 Å². The first kappa shape index (κ1) is 17.9. The van der Waals surface area contributed by atoms with Crippen LogP contribution in [0.25, 0.3) is 10.9 Å². The number of H-pyrrole nitrogens is 1. The summed E-state index contributed by atoms with van der Waals surface area (Å²) in [5.41, 5.74) is 3.56. The first-order valence-electron chi connectivity index (χ1n) is 9.40. The Bertz CT molecular complexity index is 992. The van der Waals surface area contributed by atoms with Crippen molar-refractivity contribution in [3.63, 3.8) is 0 Å². The Labute approximate surface area is 158 Å². The normalized spacial score (nSPS) is 16.1. The maximum atomic E-state index is 13.6. The predicted molar refractivity (Wildman–Crippen MR) is 106 cm³/mol. The summed E-state index contributed by atoms with van der Waals surface area (Å²) in [6.45, 7) is 7.30. The Morgan fingerprint density at radius 2 is 1.63 bits per heavy atom. The van der Waals surface area contributed by atoms with Crippen molar-refractivity contribution in [3.05, 3.63) is 81.4 Å². The van der Waals surface area contributed by atoms with E-state index in [0.29, 0.717) is 17.4 Å². The fourth-order valence-electron chi connectivity index (χ4n) is 3.78. The number of nitrogens with zero attached hydrogens (tertiary/aromatic N) is 2. The molecule has 1 fully saturated rings. The molecule has 0 bridgehead atoms. The third-order valence-electron chi connectivity index (χ3n) is 5.37. The number of fused-ring (bicyclic) bond motifs is 1. The molecule has 4 nitrogen and oxygen atoms in total. The van der Waals surface area contributed by atoms with E-state index in [0.717, 1.165) is 44.0 Å². The van der Waals surface area contributed by atoms with Gasteiger partial charge < -0.3 is 4.98 Å². The minimum Gasteiger partial charge on any atom is -0.358 e. The third-order valence-corrected chi connectivity index (χ3v) is 5.37. The molecule has 0 amide bonds. The average molecular weight is 365 g/mol. The second-order valence-corrected chi connectivity index (χ2v) is 7.29. The van der Waals surface area contributed by atoms with E-state index in [-0.39, 0.29) is 11.2 Å². The minimum absolute atomic E-state index is 0.0625. The van der Waals surface area contributed by atoms with Crippen LogP contribution in [0.4, 0.5) is 4.39 Å². The monoisotopic (exact) mass is 365 g/mol. The summed E-state index contributed by atoms with van der Waals surface area (Å²) in [5, 5.41) is 0.429. The fourth-order valence-corrected chi connectivity index (χ4v) is 3.78. The van der Waals surface area contributed by atoms with Crippen LogP contribution in [0.1, 0.15) is 16.8 Å². The van der Waals surface area contributed by atoms with Crippen molar-refractivity contribution < 1.29 is 4.39 Å². The number of hydrogen-bond acceptors (Lipinski definition) is 3. The maximum Gasteiger partial charge on any atom is 0.194 e. The second-order valence-electron chi connectivity index (χ2n) is 7.29. The van der Waals surface area contributed by atoms with E-state index in [1.165, 1.54) is 17.7 Å². The highest BCUT2D eigenvalue weighted by molar-refractivity contribution is 5.79. The van der Waals surface area contributed by atoms with Crippen LogP contribution in [-0.4, -0.2) is 41.0 Å². The molecule has 2 aromatic carbocycles. The molecule has 5 heteroatoms. The number of nitrogens with one attached hydrogen (secondary N) is 1. The molecule has 1 aliphatic rings. The quantitative estimate of drug-likeness (QED) is 0.771. The molecule has 27 heavy (non-hydrogen) atoms. The molecule has 3 aromatic rings. The summed E-state index contributed by atoms with van der Waals surface area (Å²) < 4.78 is 13.6. The molecule has 1 aliphatic heterocycles. The van der Waals surface area contributed by atoms with Gasteiger partial charge in [-0.15, -0.1) is 0 Å². The lowest BCUT2D eigenvalue weighted by Crippen LogP contribution is -2.46. The third kappa shape index (κ3) is 3.94. The summed E-state index contributed by atoms with van der Waals surface area (Å²) >= 11 is 0. The molecule has 1 saturated heterocycles.